The predicted molar refractivity (Wildman–Crippen MR) is 134 cm³/mol. The summed E-state index contributed by atoms with van der Waals surface area (Å²) in [4.78, 5) is 18.9. The minimum absolute atomic E-state index is 0. The van der Waals surface area contributed by atoms with Crippen molar-refractivity contribution in [3.8, 4) is 0 Å². The molecule has 1 aliphatic rings. The molecule has 2 aromatic carbocycles. The van der Waals surface area contributed by atoms with Gasteiger partial charge in [0, 0.05) is 24.8 Å². The highest BCUT2D eigenvalue weighted by molar-refractivity contribution is 6.33. The van der Waals surface area contributed by atoms with Crippen LogP contribution >= 0.6 is 24.0 Å². The van der Waals surface area contributed by atoms with Crippen LogP contribution in [0, 0.1) is 0 Å². The van der Waals surface area contributed by atoms with Crippen molar-refractivity contribution in [1.82, 2.24) is 10.3 Å². The summed E-state index contributed by atoms with van der Waals surface area (Å²) in [6.45, 7) is 5.12. The molecular formula is C25H28Cl2N4O. The maximum Gasteiger partial charge on any atom is 0.259 e. The van der Waals surface area contributed by atoms with Gasteiger partial charge in [0.1, 0.15) is 5.82 Å². The Morgan fingerprint density at radius 3 is 2.59 bits per heavy atom. The summed E-state index contributed by atoms with van der Waals surface area (Å²) in [6, 6.07) is 17.4. The van der Waals surface area contributed by atoms with Crippen molar-refractivity contribution in [3.05, 3.63) is 88.1 Å². The molecule has 0 atom stereocenters. The summed E-state index contributed by atoms with van der Waals surface area (Å²) < 4.78 is 0. The smallest absolute Gasteiger partial charge is 0.259 e. The number of anilines is 2. The van der Waals surface area contributed by atoms with Crippen LogP contribution in [-0.4, -0.2) is 30.5 Å². The number of nitrogens with one attached hydrogen (secondary N) is 2. The van der Waals surface area contributed by atoms with E-state index < -0.39 is 0 Å². The molecule has 0 aliphatic carbocycles. The third-order valence-corrected chi connectivity index (χ3v) is 5.95. The van der Waals surface area contributed by atoms with E-state index in [0.29, 0.717) is 24.5 Å². The molecule has 1 aromatic heterocycles. The Kier molecular flexibility index (Phi) is 8.51. The standard InChI is InChI=1S/C25H27ClN4O.ClH/c1-2-30(23-5-3-4-14-28-23)25(31)20-8-6-18(7-9-20)17-29-24-21-13-16-27-15-12-19(21)10-11-22(24)26;/h3-11,14,27,29H,2,12-13,15-17H2,1H3;1H. The molecule has 1 amide bonds. The van der Waals surface area contributed by atoms with Crippen LogP contribution in [0.2, 0.25) is 5.02 Å². The number of carbonyl (C=O) groups excluding carboxylic acids is 1. The summed E-state index contributed by atoms with van der Waals surface area (Å²) in [7, 11) is 0. The summed E-state index contributed by atoms with van der Waals surface area (Å²) in [6.07, 6.45) is 3.68. The Morgan fingerprint density at radius 1 is 1.09 bits per heavy atom. The first-order valence-electron chi connectivity index (χ1n) is 10.7. The maximum atomic E-state index is 13.0. The van der Waals surface area contributed by atoms with Crippen LogP contribution < -0.4 is 15.5 Å². The molecule has 7 heteroatoms. The maximum absolute atomic E-state index is 13.0. The van der Waals surface area contributed by atoms with Gasteiger partial charge in [0.15, 0.2) is 0 Å². The van der Waals surface area contributed by atoms with Gasteiger partial charge in [0.25, 0.3) is 5.91 Å². The normalized spacial score (nSPS) is 12.8. The quantitative estimate of drug-likeness (QED) is 0.524. The molecule has 168 valence electrons. The molecule has 0 spiro atoms. The monoisotopic (exact) mass is 470 g/mol. The number of benzene rings is 2. The van der Waals surface area contributed by atoms with E-state index in [1.165, 1.54) is 11.1 Å². The number of nitrogens with zero attached hydrogens (tertiary/aromatic N) is 2. The number of fused-ring (bicyclic) bond motifs is 1. The zero-order chi connectivity index (χ0) is 21.6. The van der Waals surface area contributed by atoms with E-state index in [0.717, 1.165) is 42.2 Å². The zero-order valence-corrected chi connectivity index (χ0v) is 19.7. The first kappa shape index (κ1) is 24.1. The number of hydrogen-bond donors (Lipinski definition) is 2. The van der Waals surface area contributed by atoms with Crippen molar-refractivity contribution in [2.24, 2.45) is 0 Å². The molecule has 0 saturated heterocycles. The van der Waals surface area contributed by atoms with Gasteiger partial charge in [-0.2, -0.15) is 0 Å². The lowest BCUT2D eigenvalue weighted by molar-refractivity contribution is 0.0987. The predicted octanol–water partition coefficient (Wildman–Crippen LogP) is 5.12. The Labute approximate surface area is 200 Å². The second-order valence-corrected chi connectivity index (χ2v) is 8.01. The van der Waals surface area contributed by atoms with E-state index in [1.54, 1.807) is 11.1 Å². The van der Waals surface area contributed by atoms with Crippen LogP contribution in [0.4, 0.5) is 11.5 Å². The number of amides is 1. The van der Waals surface area contributed by atoms with Gasteiger partial charge in [-0.25, -0.2) is 4.98 Å². The number of pyridine rings is 1. The fourth-order valence-corrected chi connectivity index (χ4v) is 4.21. The first-order valence-corrected chi connectivity index (χ1v) is 11.1. The van der Waals surface area contributed by atoms with E-state index in [-0.39, 0.29) is 18.3 Å². The molecule has 1 aliphatic heterocycles. The molecule has 4 rings (SSSR count). The van der Waals surface area contributed by atoms with Crippen molar-refractivity contribution in [3.63, 3.8) is 0 Å². The Hall–Kier alpha value is -2.60. The molecule has 0 unspecified atom stereocenters. The van der Waals surface area contributed by atoms with Crippen molar-refractivity contribution in [2.75, 3.05) is 29.9 Å². The molecule has 0 fully saturated rings. The molecule has 0 bridgehead atoms. The van der Waals surface area contributed by atoms with Crippen LogP contribution in [0.5, 0.6) is 0 Å². The molecule has 5 nitrogen and oxygen atoms in total. The van der Waals surface area contributed by atoms with E-state index in [9.17, 15) is 4.79 Å². The van der Waals surface area contributed by atoms with Gasteiger partial charge in [0.05, 0.1) is 10.7 Å². The van der Waals surface area contributed by atoms with Crippen LogP contribution in [-0.2, 0) is 19.4 Å². The molecule has 2 heterocycles. The van der Waals surface area contributed by atoms with E-state index in [2.05, 4.69) is 21.7 Å². The molecular weight excluding hydrogens is 443 g/mol. The van der Waals surface area contributed by atoms with Gasteiger partial charge in [-0.15, -0.1) is 12.4 Å². The van der Waals surface area contributed by atoms with Crippen LogP contribution in [0.15, 0.2) is 60.8 Å². The van der Waals surface area contributed by atoms with Crippen molar-refractivity contribution < 1.29 is 4.79 Å². The Morgan fingerprint density at radius 2 is 1.88 bits per heavy atom. The van der Waals surface area contributed by atoms with Crippen LogP contribution in [0.25, 0.3) is 0 Å². The molecule has 2 N–H and O–H groups in total. The zero-order valence-electron chi connectivity index (χ0n) is 18.1. The van der Waals surface area contributed by atoms with Crippen LogP contribution in [0.3, 0.4) is 0 Å². The summed E-state index contributed by atoms with van der Waals surface area (Å²) in [5.41, 5.74) is 5.42. The SMILES string of the molecule is CCN(C(=O)c1ccc(CNc2c(Cl)ccc3c2CCNCC3)cc1)c1ccccn1.Cl. The molecule has 0 saturated carbocycles. The number of carbonyl (C=O) groups is 1. The van der Waals surface area contributed by atoms with Gasteiger partial charge < -0.3 is 10.6 Å². The highest BCUT2D eigenvalue weighted by Crippen LogP contribution is 2.31. The third-order valence-electron chi connectivity index (χ3n) is 5.64. The average molecular weight is 471 g/mol. The highest BCUT2D eigenvalue weighted by atomic mass is 35.5. The second-order valence-electron chi connectivity index (χ2n) is 7.60. The topological polar surface area (TPSA) is 57.3 Å². The minimum atomic E-state index is -0.0513. The van der Waals surface area contributed by atoms with Gasteiger partial charge >= 0.3 is 0 Å². The molecule has 32 heavy (non-hydrogen) atoms. The number of halogens is 2. The first-order chi connectivity index (χ1) is 15.2. The number of hydrogen-bond acceptors (Lipinski definition) is 4. The van der Waals surface area contributed by atoms with Gasteiger partial charge in [-0.3, -0.25) is 9.69 Å². The third kappa shape index (κ3) is 5.41. The van der Waals surface area contributed by atoms with E-state index in [1.807, 2.05) is 55.5 Å². The Balaban J connectivity index is 0.00000289. The van der Waals surface area contributed by atoms with Crippen molar-refractivity contribution >= 4 is 41.4 Å². The van der Waals surface area contributed by atoms with Gasteiger partial charge in [-0.1, -0.05) is 35.9 Å². The largest absolute Gasteiger partial charge is 0.380 e. The molecule has 0 radical (unpaired) electrons. The fraction of sp³-hybridized carbons (Fsp3) is 0.280. The lowest BCUT2D eigenvalue weighted by Gasteiger charge is -2.20. The lowest BCUT2D eigenvalue weighted by Crippen LogP contribution is -2.31. The number of rotatable bonds is 6. The molecule has 3 aromatic rings. The van der Waals surface area contributed by atoms with Gasteiger partial charge in [0.2, 0.25) is 0 Å². The van der Waals surface area contributed by atoms with Crippen molar-refractivity contribution in [1.29, 1.82) is 0 Å². The van der Waals surface area contributed by atoms with Gasteiger partial charge in [-0.05, 0) is 79.9 Å². The fourth-order valence-electron chi connectivity index (χ4n) is 3.97. The lowest BCUT2D eigenvalue weighted by atomic mass is 10.0. The second kappa shape index (κ2) is 11.3. The van der Waals surface area contributed by atoms with E-state index >= 15 is 0 Å². The summed E-state index contributed by atoms with van der Waals surface area (Å²) in [5.74, 6) is 0.610. The van der Waals surface area contributed by atoms with Crippen molar-refractivity contribution in [2.45, 2.75) is 26.3 Å². The van der Waals surface area contributed by atoms with E-state index in [4.69, 9.17) is 11.6 Å². The summed E-state index contributed by atoms with van der Waals surface area (Å²) >= 11 is 6.52. The highest BCUT2D eigenvalue weighted by Gasteiger charge is 2.17. The van der Waals surface area contributed by atoms with Crippen LogP contribution in [0.1, 0.15) is 34.0 Å². The summed E-state index contributed by atoms with van der Waals surface area (Å²) in [5, 5.41) is 7.73. The Bertz CT molecular complexity index is 1040. The minimum Gasteiger partial charge on any atom is -0.380 e. The number of aromatic nitrogens is 1. The average Bonchev–Trinajstić information content (AvgIpc) is 3.06.